The van der Waals surface area contributed by atoms with E-state index in [0.29, 0.717) is 10.7 Å². The van der Waals surface area contributed by atoms with Crippen LogP contribution in [0.25, 0.3) is 0 Å². The van der Waals surface area contributed by atoms with Gasteiger partial charge in [0.2, 0.25) is 0 Å². The van der Waals surface area contributed by atoms with Crippen LogP contribution in [0.15, 0.2) is 0 Å². The molecule has 0 amide bonds. The lowest BCUT2D eigenvalue weighted by Gasteiger charge is -2.23. The minimum absolute atomic E-state index is 0.0636. The Labute approximate surface area is 131 Å². The SMILES string of the molecule is CC(CBr)OP(=O)(OCCOCCO)OC(C)CBr. The van der Waals surface area contributed by atoms with Crippen molar-refractivity contribution in [3.05, 3.63) is 0 Å². The highest BCUT2D eigenvalue weighted by molar-refractivity contribution is 9.09. The Morgan fingerprint density at radius 1 is 1.05 bits per heavy atom. The van der Waals surface area contributed by atoms with Crippen LogP contribution in [-0.2, 0) is 22.9 Å². The standard InChI is InChI=1S/C10H21Br2O6P/c1-9(7-11)17-19(14,18-10(2)8-12)16-6-5-15-4-3-13/h9-10,13H,3-8H2,1-2H3. The third kappa shape index (κ3) is 10.4. The molecule has 0 rings (SSSR count). The fourth-order valence-electron chi connectivity index (χ4n) is 0.957. The molecule has 6 nitrogen and oxygen atoms in total. The number of aliphatic hydroxyl groups excluding tert-OH is 1. The normalized spacial score (nSPS) is 17.9. The first kappa shape index (κ1) is 20.0. The molecule has 1 N–H and O–H groups in total. The van der Waals surface area contributed by atoms with E-state index in [1.807, 2.05) is 0 Å². The third-order valence-electron chi connectivity index (χ3n) is 1.77. The molecule has 116 valence electrons. The van der Waals surface area contributed by atoms with Gasteiger partial charge >= 0.3 is 7.82 Å². The lowest BCUT2D eigenvalue weighted by Crippen LogP contribution is -2.17. The van der Waals surface area contributed by atoms with Crippen molar-refractivity contribution in [1.29, 1.82) is 0 Å². The predicted molar refractivity (Wildman–Crippen MR) is 80.1 cm³/mol. The van der Waals surface area contributed by atoms with Crippen LogP contribution in [0.1, 0.15) is 13.8 Å². The van der Waals surface area contributed by atoms with E-state index < -0.39 is 7.82 Å². The summed E-state index contributed by atoms with van der Waals surface area (Å²) in [6.45, 7) is 3.95. The Balaban J connectivity index is 4.28. The fourth-order valence-corrected chi connectivity index (χ4v) is 3.13. The Morgan fingerprint density at radius 3 is 2.00 bits per heavy atom. The van der Waals surface area contributed by atoms with Crippen molar-refractivity contribution in [2.75, 3.05) is 37.1 Å². The first-order valence-electron chi connectivity index (χ1n) is 5.89. The smallest absolute Gasteiger partial charge is 0.394 e. The van der Waals surface area contributed by atoms with E-state index >= 15 is 0 Å². The van der Waals surface area contributed by atoms with E-state index in [2.05, 4.69) is 31.9 Å². The topological polar surface area (TPSA) is 74.2 Å². The fraction of sp³-hybridized carbons (Fsp3) is 1.00. The zero-order chi connectivity index (χ0) is 14.7. The number of hydrogen-bond donors (Lipinski definition) is 1. The number of phosphoric acid groups is 1. The molecule has 0 spiro atoms. The summed E-state index contributed by atoms with van der Waals surface area (Å²) in [4.78, 5) is 0. The number of phosphoric ester groups is 1. The van der Waals surface area contributed by atoms with Crippen LogP contribution >= 0.6 is 39.7 Å². The van der Waals surface area contributed by atoms with Gasteiger partial charge in [0.15, 0.2) is 0 Å². The summed E-state index contributed by atoms with van der Waals surface area (Å²) in [5.41, 5.74) is 0. The maximum Gasteiger partial charge on any atom is 0.475 e. The van der Waals surface area contributed by atoms with E-state index in [9.17, 15) is 4.57 Å². The molecule has 0 aromatic rings. The highest BCUT2D eigenvalue weighted by Gasteiger charge is 2.31. The molecule has 9 heteroatoms. The maximum absolute atomic E-state index is 12.4. The van der Waals surface area contributed by atoms with Crippen molar-refractivity contribution >= 4 is 39.7 Å². The minimum Gasteiger partial charge on any atom is -0.394 e. The van der Waals surface area contributed by atoms with E-state index in [-0.39, 0.29) is 38.6 Å². The second kappa shape index (κ2) is 11.6. The summed E-state index contributed by atoms with van der Waals surface area (Å²) in [6.07, 6.45) is -0.599. The molecule has 0 heterocycles. The molecule has 0 aromatic carbocycles. The molecule has 2 unspecified atom stereocenters. The lowest BCUT2D eigenvalue weighted by atomic mass is 10.5. The molecule has 0 aliphatic heterocycles. The predicted octanol–water partition coefficient (Wildman–Crippen LogP) is 2.72. The van der Waals surface area contributed by atoms with Crippen molar-refractivity contribution in [3.63, 3.8) is 0 Å². The number of alkyl halides is 2. The first-order chi connectivity index (χ1) is 8.97. The van der Waals surface area contributed by atoms with Gasteiger partial charge in [-0.25, -0.2) is 4.57 Å². The largest absolute Gasteiger partial charge is 0.475 e. The quantitative estimate of drug-likeness (QED) is 0.293. The van der Waals surface area contributed by atoms with Crippen LogP contribution in [-0.4, -0.2) is 54.4 Å². The summed E-state index contributed by atoms with van der Waals surface area (Å²) in [5.74, 6) is 0. The maximum atomic E-state index is 12.4. The molecule has 0 bridgehead atoms. The van der Waals surface area contributed by atoms with Gasteiger partial charge in [-0.05, 0) is 13.8 Å². The van der Waals surface area contributed by atoms with Crippen LogP contribution in [0.2, 0.25) is 0 Å². The zero-order valence-electron chi connectivity index (χ0n) is 11.1. The van der Waals surface area contributed by atoms with Crippen LogP contribution in [0, 0.1) is 0 Å². The molecule has 2 atom stereocenters. The molecular formula is C10H21Br2O6P. The van der Waals surface area contributed by atoms with E-state index in [0.717, 1.165) is 0 Å². The molecule has 0 radical (unpaired) electrons. The van der Waals surface area contributed by atoms with Crippen molar-refractivity contribution in [3.8, 4) is 0 Å². The molecule has 0 aromatic heterocycles. The summed E-state index contributed by atoms with van der Waals surface area (Å²) >= 11 is 6.47. The molecule has 0 aliphatic rings. The molecule has 0 fully saturated rings. The van der Waals surface area contributed by atoms with Gasteiger partial charge in [-0.3, -0.25) is 13.6 Å². The van der Waals surface area contributed by atoms with Gasteiger partial charge < -0.3 is 9.84 Å². The second-order valence-electron chi connectivity index (χ2n) is 3.76. The third-order valence-corrected chi connectivity index (χ3v) is 5.32. The number of ether oxygens (including phenoxy) is 1. The Bertz CT molecular complexity index is 252. The summed E-state index contributed by atoms with van der Waals surface area (Å²) in [5, 5.41) is 9.59. The van der Waals surface area contributed by atoms with Gasteiger partial charge in [-0.15, -0.1) is 0 Å². The summed E-state index contributed by atoms with van der Waals surface area (Å²) in [6, 6.07) is 0. The molecule has 0 aliphatic carbocycles. The van der Waals surface area contributed by atoms with Crippen LogP contribution < -0.4 is 0 Å². The number of hydrogen-bond acceptors (Lipinski definition) is 6. The van der Waals surface area contributed by atoms with E-state index in [1.54, 1.807) is 13.8 Å². The Hall–Kier alpha value is 0.990. The van der Waals surface area contributed by atoms with Crippen LogP contribution in [0.5, 0.6) is 0 Å². The van der Waals surface area contributed by atoms with Crippen LogP contribution in [0.3, 0.4) is 0 Å². The lowest BCUT2D eigenvalue weighted by molar-refractivity contribution is 0.0372. The average molecular weight is 428 g/mol. The van der Waals surface area contributed by atoms with Crippen molar-refractivity contribution < 1.29 is 28.0 Å². The van der Waals surface area contributed by atoms with Gasteiger partial charge in [0.25, 0.3) is 0 Å². The monoisotopic (exact) mass is 426 g/mol. The van der Waals surface area contributed by atoms with Gasteiger partial charge in [0.05, 0.1) is 38.6 Å². The molecule has 0 saturated carbocycles. The van der Waals surface area contributed by atoms with Gasteiger partial charge in [-0.1, -0.05) is 31.9 Å². The second-order valence-corrected chi connectivity index (χ2v) is 6.63. The van der Waals surface area contributed by atoms with Crippen molar-refractivity contribution in [2.45, 2.75) is 26.1 Å². The highest BCUT2D eigenvalue weighted by Crippen LogP contribution is 2.51. The minimum atomic E-state index is -3.62. The molecule has 19 heavy (non-hydrogen) atoms. The van der Waals surface area contributed by atoms with E-state index in [1.165, 1.54) is 0 Å². The van der Waals surface area contributed by atoms with Gasteiger partial charge in [0, 0.05) is 10.7 Å². The summed E-state index contributed by atoms with van der Waals surface area (Å²) in [7, 11) is -3.62. The summed E-state index contributed by atoms with van der Waals surface area (Å²) < 4.78 is 33.2. The van der Waals surface area contributed by atoms with Gasteiger partial charge in [0.1, 0.15) is 0 Å². The van der Waals surface area contributed by atoms with Gasteiger partial charge in [-0.2, -0.15) is 0 Å². The first-order valence-corrected chi connectivity index (χ1v) is 9.59. The number of halogens is 2. The van der Waals surface area contributed by atoms with Crippen molar-refractivity contribution in [2.24, 2.45) is 0 Å². The van der Waals surface area contributed by atoms with Crippen molar-refractivity contribution in [1.82, 2.24) is 0 Å². The molecular weight excluding hydrogens is 407 g/mol. The Kier molecular flexibility index (Phi) is 12.2. The average Bonchev–Trinajstić information content (AvgIpc) is 2.38. The highest BCUT2D eigenvalue weighted by atomic mass is 79.9. The zero-order valence-corrected chi connectivity index (χ0v) is 15.2. The van der Waals surface area contributed by atoms with Crippen LogP contribution in [0.4, 0.5) is 0 Å². The Morgan fingerprint density at radius 2 is 1.58 bits per heavy atom. The number of aliphatic hydroxyl groups is 1. The molecule has 0 saturated heterocycles. The van der Waals surface area contributed by atoms with E-state index in [4.69, 9.17) is 23.4 Å². The number of rotatable bonds is 12.